The number of benzene rings is 2. The van der Waals surface area contributed by atoms with E-state index in [9.17, 15) is 9.13 Å². The standard InChI is InChI=1S/C15H16O6P2/c16-22(17)19-13-23(18,20-11-14-7-3-1-4-8-14)21-12-15-9-5-2-6-10-15/h1-10H,11-13H2/p+1. The Bertz CT molecular complexity index is 615. The van der Waals surface area contributed by atoms with Crippen LogP contribution in [0.25, 0.3) is 0 Å². The molecule has 6 nitrogen and oxygen atoms in total. The Kier molecular flexibility index (Phi) is 7.06. The Morgan fingerprint density at radius 2 is 1.30 bits per heavy atom. The van der Waals surface area contributed by atoms with Crippen molar-refractivity contribution >= 4 is 15.9 Å². The van der Waals surface area contributed by atoms with Gasteiger partial charge in [-0.25, -0.2) is 0 Å². The molecular weight excluding hydrogens is 338 g/mol. The number of hydrogen-bond acceptors (Lipinski definition) is 5. The van der Waals surface area contributed by atoms with Gasteiger partial charge in [-0.2, -0.15) is 0 Å². The quantitative estimate of drug-likeness (QED) is 0.678. The molecule has 0 spiro atoms. The van der Waals surface area contributed by atoms with Crippen LogP contribution in [0.1, 0.15) is 11.1 Å². The van der Waals surface area contributed by atoms with E-state index in [1.807, 2.05) is 60.7 Å². The second kappa shape index (κ2) is 9.04. The third-order valence-electron chi connectivity index (χ3n) is 2.87. The summed E-state index contributed by atoms with van der Waals surface area (Å²) >= 11 is 0. The lowest BCUT2D eigenvalue weighted by molar-refractivity contribution is 0.170. The van der Waals surface area contributed by atoms with Crippen molar-refractivity contribution in [1.29, 1.82) is 0 Å². The predicted octanol–water partition coefficient (Wildman–Crippen LogP) is 4.24. The third-order valence-corrected chi connectivity index (χ3v) is 4.91. The summed E-state index contributed by atoms with van der Waals surface area (Å²) in [5.74, 6) is 0. The second-order valence-corrected chi connectivity index (χ2v) is 7.36. The molecule has 2 aromatic rings. The largest absolute Gasteiger partial charge is 0.695 e. The zero-order valence-corrected chi connectivity index (χ0v) is 14.1. The monoisotopic (exact) mass is 355 g/mol. The van der Waals surface area contributed by atoms with E-state index in [1.54, 1.807) is 0 Å². The molecule has 0 heterocycles. The summed E-state index contributed by atoms with van der Waals surface area (Å²) in [6.07, 6.45) is -0.585. The first-order valence-electron chi connectivity index (χ1n) is 6.82. The van der Waals surface area contributed by atoms with Crippen molar-refractivity contribution in [3.8, 4) is 0 Å². The molecule has 0 aliphatic rings. The molecule has 122 valence electrons. The minimum atomic E-state index is -3.67. The maximum atomic E-state index is 12.7. The van der Waals surface area contributed by atoms with Crippen molar-refractivity contribution in [2.24, 2.45) is 0 Å². The first-order valence-corrected chi connectivity index (χ1v) is 9.68. The molecule has 0 aliphatic carbocycles. The van der Waals surface area contributed by atoms with Crippen molar-refractivity contribution in [1.82, 2.24) is 0 Å². The highest BCUT2D eigenvalue weighted by Crippen LogP contribution is 2.51. The molecule has 2 aromatic carbocycles. The van der Waals surface area contributed by atoms with Crippen LogP contribution in [0.5, 0.6) is 0 Å². The molecule has 0 amide bonds. The topological polar surface area (TPSA) is 82.1 Å². The van der Waals surface area contributed by atoms with E-state index in [0.717, 1.165) is 11.1 Å². The van der Waals surface area contributed by atoms with Gasteiger partial charge in [0, 0.05) is 4.57 Å². The minimum absolute atomic E-state index is 0.0540. The molecule has 0 fully saturated rings. The summed E-state index contributed by atoms with van der Waals surface area (Å²) in [4.78, 5) is 8.74. The highest BCUT2D eigenvalue weighted by atomic mass is 31.2. The molecule has 1 N–H and O–H groups in total. The molecule has 0 saturated heterocycles. The van der Waals surface area contributed by atoms with E-state index in [0.29, 0.717) is 0 Å². The second-order valence-electron chi connectivity index (χ2n) is 4.63. The van der Waals surface area contributed by atoms with Crippen LogP contribution in [0.4, 0.5) is 0 Å². The SMILES string of the molecule is O=[P+](O)OCP(=O)(OCc1ccccc1)OCc1ccccc1. The highest BCUT2D eigenvalue weighted by molar-refractivity contribution is 7.54. The lowest BCUT2D eigenvalue weighted by Crippen LogP contribution is -2.02. The van der Waals surface area contributed by atoms with Gasteiger partial charge >= 0.3 is 15.9 Å². The van der Waals surface area contributed by atoms with Crippen molar-refractivity contribution in [2.75, 3.05) is 6.35 Å². The van der Waals surface area contributed by atoms with E-state index in [2.05, 4.69) is 4.52 Å². The minimum Gasteiger partial charge on any atom is -0.302 e. The van der Waals surface area contributed by atoms with Gasteiger partial charge in [0.15, 0.2) is 0 Å². The summed E-state index contributed by atoms with van der Waals surface area (Å²) in [5.41, 5.74) is 1.62. The zero-order valence-electron chi connectivity index (χ0n) is 12.3. The van der Waals surface area contributed by atoms with Crippen LogP contribution in [0, 0.1) is 0 Å². The molecule has 2 rings (SSSR count). The van der Waals surface area contributed by atoms with Crippen molar-refractivity contribution in [2.45, 2.75) is 13.2 Å². The maximum Gasteiger partial charge on any atom is 0.695 e. The Morgan fingerprint density at radius 1 is 0.870 bits per heavy atom. The van der Waals surface area contributed by atoms with Crippen LogP contribution < -0.4 is 0 Å². The van der Waals surface area contributed by atoms with E-state index >= 15 is 0 Å². The lowest BCUT2D eigenvalue weighted by atomic mass is 10.2. The van der Waals surface area contributed by atoms with Crippen LogP contribution >= 0.6 is 15.9 Å². The van der Waals surface area contributed by atoms with E-state index in [1.165, 1.54) is 0 Å². The first kappa shape index (κ1) is 18.0. The summed E-state index contributed by atoms with van der Waals surface area (Å²) in [6, 6.07) is 18.3. The summed E-state index contributed by atoms with van der Waals surface area (Å²) < 4.78 is 38.6. The third kappa shape index (κ3) is 6.71. The van der Waals surface area contributed by atoms with Gasteiger partial charge in [-0.05, 0) is 11.1 Å². The molecule has 23 heavy (non-hydrogen) atoms. The molecule has 0 bridgehead atoms. The van der Waals surface area contributed by atoms with Gasteiger partial charge < -0.3 is 9.05 Å². The van der Waals surface area contributed by atoms with E-state index < -0.39 is 22.2 Å². The Hall–Kier alpha value is -1.39. The molecule has 0 aliphatic heterocycles. The normalized spacial score (nSPS) is 12.1. The van der Waals surface area contributed by atoms with Crippen LogP contribution in [-0.4, -0.2) is 11.2 Å². The van der Waals surface area contributed by atoms with Crippen molar-refractivity contribution in [3.63, 3.8) is 0 Å². The van der Waals surface area contributed by atoms with Crippen LogP contribution in [0.15, 0.2) is 60.7 Å². The molecular formula is C15H17O6P2+. The number of hydrogen-bond donors (Lipinski definition) is 1. The lowest BCUT2D eigenvalue weighted by Gasteiger charge is -2.16. The Labute approximate surface area is 135 Å². The van der Waals surface area contributed by atoms with Gasteiger partial charge in [0.25, 0.3) is 0 Å². The van der Waals surface area contributed by atoms with Gasteiger partial charge in [-0.15, -0.1) is 9.42 Å². The van der Waals surface area contributed by atoms with E-state index in [-0.39, 0.29) is 13.2 Å². The highest BCUT2D eigenvalue weighted by Gasteiger charge is 2.31. The molecule has 0 radical (unpaired) electrons. The fraction of sp³-hybridized carbons (Fsp3) is 0.200. The summed E-state index contributed by atoms with van der Waals surface area (Å²) in [7, 11) is -6.55. The fourth-order valence-electron chi connectivity index (χ4n) is 1.73. The molecule has 1 atom stereocenters. The Morgan fingerprint density at radius 3 is 1.70 bits per heavy atom. The smallest absolute Gasteiger partial charge is 0.302 e. The van der Waals surface area contributed by atoms with Crippen LogP contribution in [-0.2, 0) is 35.9 Å². The van der Waals surface area contributed by atoms with Crippen molar-refractivity contribution in [3.05, 3.63) is 71.8 Å². The molecule has 0 aromatic heterocycles. The number of rotatable bonds is 9. The molecule has 8 heteroatoms. The van der Waals surface area contributed by atoms with Crippen molar-refractivity contribution < 1.29 is 27.6 Å². The molecule has 0 saturated carbocycles. The van der Waals surface area contributed by atoms with Gasteiger partial charge in [-0.3, -0.25) is 4.57 Å². The predicted molar refractivity (Wildman–Crippen MR) is 85.8 cm³/mol. The van der Waals surface area contributed by atoms with E-state index in [4.69, 9.17) is 13.9 Å². The van der Waals surface area contributed by atoms with Gasteiger partial charge in [0.1, 0.15) is 0 Å². The van der Waals surface area contributed by atoms with Gasteiger partial charge in [0.2, 0.25) is 6.35 Å². The summed E-state index contributed by atoms with van der Waals surface area (Å²) in [5, 5.41) is 0. The first-order chi connectivity index (χ1) is 11.1. The van der Waals surface area contributed by atoms with Gasteiger partial charge in [0.05, 0.1) is 13.2 Å². The fourth-order valence-corrected chi connectivity index (χ4v) is 3.60. The van der Waals surface area contributed by atoms with Crippen LogP contribution in [0.2, 0.25) is 0 Å². The maximum absolute atomic E-state index is 12.7. The summed E-state index contributed by atoms with van der Waals surface area (Å²) in [6.45, 7) is 0.108. The average Bonchev–Trinajstić information content (AvgIpc) is 2.59. The Balaban J connectivity index is 1.99. The molecule has 1 unspecified atom stereocenters. The van der Waals surface area contributed by atoms with Gasteiger partial charge in [-0.1, -0.05) is 60.7 Å². The zero-order chi connectivity index (χ0) is 16.5. The van der Waals surface area contributed by atoms with Crippen LogP contribution in [0.3, 0.4) is 0 Å². The average molecular weight is 355 g/mol.